The first kappa shape index (κ1) is 8.24. The molecule has 0 unspecified atom stereocenters. The van der Waals surface area contributed by atoms with Crippen LogP contribution in [0, 0.1) is 0 Å². The van der Waals surface area contributed by atoms with Crippen LogP contribution in [0.2, 0.25) is 0 Å². The summed E-state index contributed by atoms with van der Waals surface area (Å²) in [5.74, 6) is 0.883. The molecule has 0 amide bonds. The average Bonchev–Trinajstić information content (AvgIpc) is 2.48. The summed E-state index contributed by atoms with van der Waals surface area (Å²) in [6.45, 7) is 0. The molecule has 2 aromatic rings. The van der Waals surface area contributed by atoms with Crippen molar-refractivity contribution in [1.82, 2.24) is 4.98 Å². The molecule has 2 nitrogen and oxygen atoms in total. The average molecular weight is 195 g/mol. The van der Waals surface area contributed by atoms with E-state index in [2.05, 4.69) is 11.1 Å². The minimum atomic E-state index is 0.883. The van der Waals surface area contributed by atoms with Crippen LogP contribution < -0.4 is 15.2 Å². The molecule has 0 atom stereocenters. The number of rotatable bonds is 0. The number of para-hydroxylation sites is 1. The lowest BCUT2D eigenvalue weighted by Gasteiger charge is -2.01. The van der Waals surface area contributed by atoms with Crippen molar-refractivity contribution >= 4 is 12.3 Å². The Labute approximate surface area is 87.2 Å². The fourth-order valence-corrected chi connectivity index (χ4v) is 1.65. The molecule has 0 saturated heterocycles. The molecule has 0 N–H and O–H groups in total. The summed E-state index contributed by atoms with van der Waals surface area (Å²) in [6.07, 6.45) is 7.46. The first-order chi connectivity index (χ1) is 7.43. The van der Waals surface area contributed by atoms with Crippen LogP contribution in [0.25, 0.3) is 12.3 Å². The third kappa shape index (κ3) is 1.40. The van der Waals surface area contributed by atoms with Crippen LogP contribution in [-0.4, -0.2) is 4.98 Å². The highest BCUT2D eigenvalue weighted by atomic mass is 16.5. The summed E-state index contributed by atoms with van der Waals surface area (Å²) in [7, 11) is 0. The zero-order chi connectivity index (χ0) is 10.1. The van der Waals surface area contributed by atoms with Gasteiger partial charge in [-0.05, 0) is 18.2 Å². The van der Waals surface area contributed by atoms with Crippen molar-refractivity contribution in [2.24, 2.45) is 0 Å². The van der Waals surface area contributed by atoms with Gasteiger partial charge in [0.15, 0.2) is 0 Å². The molecule has 0 radical (unpaired) electrons. The van der Waals surface area contributed by atoms with Gasteiger partial charge in [-0.2, -0.15) is 0 Å². The molecule has 72 valence electrons. The van der Waals surface area contributed by atoms with Gasteiger partial charge in [0.25, 0.3) is 0 Å². The summed E-state index contributed by atoms with van der Waals surface area (Å²) in [5.41, 5.74) is 1.08. The predicted octanol–water partition coefficient (Wildman–Crippen LogP) is 1.04. The van der Waals surface area contributed by atoms with Crippen molar-refractivity contribution in [2.45, 2.75) is 0 Å². The van der Waals surface area contributed by atoms with Gasteiger partial charge in [-0.15, -0.1) is 0 Å². The van der Waals surface area contributed by atoms with Gasteiger partial charge >= 0.3 is 0 Å². The fourth-order valence-electron chi connectivity index (χ4n) is 1.65. The number of nitrogens with zero attached hydrogens (tertiary/aromatic N) is 1. The third-order valence-electron chi connectivity index (χ3n) is 2.43. The minimum Gasteiger partial charge on any atom is -0.464 e. The first-order valence-corrected chi connectivity index (χ1v) is 4.81. The van der Waals surface area contributed by atoms with E-state index in [-0.39, 0.29) is 0 Å². The molecule has 1 aromatic carbocycles. The lowest BCUT2D eigenvalue weighted by Crippen LogP contribution is -2.24. The molecule has 1 aliphatic heterocycles. The summed E-state index contributed by atoms with van der Waals surface area (Å²) in [4.78, 5) is 4.11. The molecule has 1 aliphatic rings. The van der Waals surface area contributed by atoms with E-state index < -0.39 is 0 Å². The van der Waals surface area contributed by atoms with Crippen molar-refractivity contribution in [3.8, 4) is 5.75 Å². The van der Waals surface area contributed by atoms with Crippen LogP contribution >= 0.6 is 0 Å². The summed E-state index contributed by atoms with van der Waals surface area (Å²) >= 11 is 0. The number of fused-ring (bicyclic) bond motifs is 2. The third-order valence-corrected chi connectivity index (χ3v) is 2.43. The number of hydrogen-bond acceptors (Lipinski definition) is 2. The van der Waals surface area contributed by atoms with Gasteiger partial charge in [-0.1, -0.05) is 18.2 Å². The van der Waals surface area contributed by atoms with Gasteiger partial charge in [0.1, 0.15) is 5.75 Å². The van der Waals surface area contributed by atoms with E-state index in [1.54, 1.807) is 12.5 Å². The van der Waals surface area contributed by atoms with Gasteiger partial charge in [0.05, 0.1) is 6.26 Å². The van der Waals surface area contributed by atoms with Gasteiger partial charge in [0, 0.05) is 28.4 Å². The van der Waals surface area contributed by atoms with Gasteiger partial charge in [0.2, 0.25) is 0 Å². The quantitative estimate of drug-likeness (QED) is 0.626. The molecular formula is C13H9NO. The second-order valence-electron chi connectivity index (χ2n) is 3.42. The SMILES string of the molecule is C1=c2ccncc2=Cc2ccccc2O1. The molecule has 0 fully saturated rings. The maximum Gasteiger partial charge on any atom is 0.133 e. The molecule has 0 bridgehead atoms. The number of benzene rings is 1. The summed E-state index contributed by atoms with van der Waals surface area (Å²) in [5, 5.41) is 2.14. The van der Waals surface area contributed by atoms with Crippen molar-refractivity contribution < 1.29 is 4.74 Å². The molecule has 15 heavy (non-hydrogen) atoms. The number of hydrogen-bond donors (Lipinski definition) is 0. The Kier molecular flexibility index (Phi) is 1.78. The van der Waals surface area contributed by atoms with Crippen molar-refractivity contribution in [2.75, 3.05) is 0 Å². The Morgan fingerprint density at radius 2 is 1.93 bits per heavy atom. The Balaban J connectivity index is 2.36. The first-order valence-electron chi connectivity index (χ1n) is 4.81. The highest BCUT2D eigenvalue weighted by Crippen LogP contribution is 2.19. The normalized spacial score (nSPS) is 12.3. The van der Waals surface area contributed by atoms with E-state index in [9.17, 15) is 0 Å². The molecule has 2 heteroatoms. The number of aromatic nitrogens is 1. The van der Waals surface area contributed by atoms with Crippen molar-refractivity contribution in [3.63, 3.8) is 0 Å². The zero-order valence-corrected chi connectivity index (χ0v) is 8.05. The lowest BCUT2D eigenvalue weighted by molar-refractivity contribution is 0.539. The van der Waals surface area contributed by atoms with Gasteiger partial charge < -0.3 is 4.74 Å². The second kappa shape index (κ2) is 3.24. The number of ether oxygens (including phenoxy) is 1. The van der Waals surface area contributed by atoms with Crippen LogP contribution in [0.5, 0.6) is 5.75 Å². The van der Waals surface area contributed by atoms with Crippen LogP contribution in [0.15, 0.2) is 42.7 Å². The van der Waals surface area contributed by atoms with Crippen LogP contribution in [0.3, 0.4) is 0 Å². The largest absolute Gasteiger partial charge is 0.464 e. The van der Waals surface area contributed by atoms with E-state index in [0.717, 1.165) is 21.8 Å². The Hall–Kier alpha value is -2.09. The van der Waals surface area contributed by atoms with Gasteiger partial charge in [-0.25, -0.2) is 0 Å². The molecular weight excluding hydrogens is 186 g/mol. The summed E-state index contributed by atoms with van der Waals surface area (Å²) < 4.78 is 5.59. The Bertz CT molecular complexity index is 616. The van der Waals surface area contributed by atoms with E-state index in [0.29, 0.717) is 0 Å². The summed E-state index contributed by atoms with van der Waals surface area (Å²) in [6, 6.07) is 9.90. The second-order valence-corrected chi connectivity index (χ2v) is 3.42. The van der Waals surface area contributed by atoms with Crippen molar-refractivity contribution in [1.29, 1.82) is 0 Å². The topological polar surface area (TPSA) is 22.1 Å². The van der Waals surface area contributed by atoms with Crippen LogP contribution in [-0.2, 0) is 0 Å². The van der Waals surface area contributed by atoms with E-state index in [1.807, 2.05) is 36.5 Å². The molecule has 0 saturated carbocycles. The minimum absolute atomic E-state index is 0.883. The zero-order valence-electron chi connectivity index (χ0n) is 8.05. The molecule has 1 aromatic heterocycles. The monoisotopic (exact) mass is 195 g/mol. The number of pyridine rings is 1. The van der Waals surface area contributed by atoms with Crippen LogP contribution in [0.4, 0.5) is 0 Å². The van der Waals surface area contributed by atoms with Crippen LogP contribution in [0.1, 0.15) is 5.56 Å². The fraction of sp³-hybridized carbons (Fsp3) is 0. The highest BCUT2D eigenvalue weighted by Gasteiger charge is 2.01. The Morgan fingerprint density at radius 1 is 1.00 bits per heavy atom. The molecule has 3 rings (SSSR count). The van der Waals surface area contributed by atoms with Crippen molar-refractivity contribution in [3.05, 3.63) is 58.7 Å². The maximum atomic E-state index is 5.59. The predicted molar refractivity (Wildman–Crippen MR) is 58.6 cm³/mol. The van der Waals surface area contributed by atoms with E-state index in [1.165, 1.54) is 0 Å². The van der Waals surface area contributed by atoms with E-state index >= 15 is 0 Å². The molecule has 0 spiro atoms. The maximum absolute atomic E-state index is 5.59. The highest BCUT2D eigenvalue weighted by molar-refractivity contribution is 5.59. The van der Waals surface area contributed by atoms with E-state index in [4.69, 9.17) is 4.74 Å². The molecule has 2 heterocycles. The van der Waals surface area contributed by atoms with Gasteiger partial charge in [-0.3, -0.25) is 4.98 Å². The Morgan fingerprint density at radius 3 is 2.93 bits per heavy atom. The lowest BCUT2D eigenvalue weighted by atomic mass is 10.1. The molecule has 0 aliphatic carbocycles. The smallest absolute Gasteiger partial charge is 0.133 e. The standard InChI is InChI=1S/C13H9NO/c1-2-4-13-10(3-1)7-12-8-14-6-5-11(12)9-15-13/h1-9H.